The van der Waals surface area contributed by atoms with Crippen LogP contribution < -0.4 is 4.90 Å². The van der Waals surface area contributed by atoms with Gasteiger partial charge in [-0.1, -0.05) is 43.2 Å². The van der Waals surface area contributed by atoms with Crippen LogP contribution in [0.25, 0.3) is 0 Å². The first-order chi connectivity index (χ1) is 12.6. The predicted molar refractivity (Wildman–Crippen MR) is 104 cm³/mol. The molecular formula is C21H28N4O. The molecule has 0 spiro atoms. The van der Waals surface area contributed by atoms with Gasteiger partial charge in [-0.3, -0.25) is 4.79 Å². The molecule has 0 radical (unpaired) electrons. The Bertz CT molecular complexity index is 692. The van der Waals surface area contributed by atoms with E-state index in [-0.39, 0.29) is 11.9 Å². The first-order valence-electron chi connectivity index (χ1n) is 9.57. The lowest BCUT2D eigenvalue weighted by atomic mass is 10.2. The molecule has 1 aliphatic heterocycles. The van der Waals surface area contributed by atoms with Gasteiger partial charge >= 0.3 is 0 Å². The zero-order chi connectivity index (χ0) is 18.4. The van der Waals surface area contributed by atoms with Gasteiger partial charge in [-0.05, 0) is 32.3 Å². The van der Waals surface area contributed by atoms with Crippen LogP contribution in [0.5, 0.6) is 0 Å². The van der Waals surface area contributed by atoms with Gasteiger partial charge in [0.05, 0.1) is 5.56 Å². The summed E-state index contributed by atoms with van der Waals surface area (Å²) in [5.74, 6) is 0.717. The molecule has 0 aliphatic carbocycles. The van der Waals surface area contributed by atoms with Crippen molar-refractivity contribution in [2.75, 3.05) is 18.0 Å². The van der Waals surface area contributed by atoms with Gasteiger partial charge in [0.15, 0.2) is 0 Å². The van der Waals surface area contributed by atoms with Crippen molar-refractivity contribution >= 4 is 11.9 Å². The Morgan fingerprint density at radius 2 is 1.65 bits per heavy atom. The summed E-state index contributed by atoms with van der Waals surface area (Å²) in [5, 5.41) is 0. The highest BCUT2D eigenvalue weighted by Gasteiger charge is 2.19. The predicted octanol–water partition coefficient (Wildman–Crippen LogP) is 3.91. The lowest BCUT2D eigenvalue weighted by molar-refractivity contribution is 0.0761. The van der Waals surface area contributed by atoms with Gasteiger partial charge in [0.1, 0.15) is 0 Å². The summed E-state index contributed by atoms with van der Waals surface area (Å²) in [6.45, 7) is 6.68. The Labute approximate surface area is 156 Å². The van der Waals surface area contributed by atoms with E-state index in [0.29, 0.717) is 11.5 Å². The number of rotatable bonds is 5. The molecule has 0 N–H and O–H groups in total. The molecule has 1 aliphatic rings. The number of amides is 1. The van der Waals surface area contributed by atoms with Crippen LogP contribution in [0.1, 0.15) is 55.5 Å². The van der Waals surface area contributed by atoms with Crippen LogP contribution in [-0.2, 0) is 6.54 Å². The number of carbonyl (C=O) groups is 1. The van der Waals surface area contributed by atoms with Gasteiger partial charge in [-0.15, -0.1) is 0 Å². The van der Waals surface area contributed by atoms with Gasteiger partial charge < -0.3 is 9.80 Å². The fraction of sp³-hybridized carbons (Fsp3) is 0.476. The second kappa shape index (κ2) is 8.79. The molecule has 2 aromatic rings. The van der Waals surface area contributed by atoms with Crippen LogP contribution in [0.15, 0.2) is 42.7 Å². The molecule has 0 bridgehead atoms. The number of carbonyl (C=O) groups excluding carboxylic acids is 1. The summed E-state index contributed by atoms with van der Waals surface area (Å²) in [5.41, 5.74) is 1.80. The molecule has 3 rings (SSSR count). The lowest BCUT2D eigenvalue weighted by Gasteiger charge is -2.27. The SMILES string of the molecule is CC(C)N(Cc1ccccc1)c1ncc(C(=O)N2CCCCCC2)cn1. The molecule has 1 saturated heterocycles. The quantitative estimate of drug-likeness (QED) is 0.819. The third-order valence-electron chi connectivity index (χ3n) is 4.85. The van der Waals surface area contributed by atoms with E-state index in [2.05, 4.69) is 40.8 Å². The van der Waals surface area contributed by atoms with E-state index in [1.807, 2.05) is 23.1 Å². The van der Waals surface area contributed by atoms with Crippen molar-refractivity contribution in [2.45, 2.75) is 52.1 Å². The summed E-state index contributed by atoms with van der Waals surface area (Å²) in [6.07, 6.45) is 7.95. The van der Waals surface area contributed by atoms with E-state index in [1.165, 1.54) is 18.4 Å². The maximum Gasteiger partial charge on any atom is 0.256 e. The molecular weight excluding hydrogens is 324 g/mol. The zero-order valence-corrected chi connectivity index (χ0v) is 15.8. The average molecular weight is 352 g/mol. The molecule has 5 heteroatoms. The van der Waals surface area contributed by atoms with Crippen molar-refractivity contribution in [3.8, 4) is 0 Å². The Kier molecular flexibility index (Phi) is 6.21. The van der Waals surface area contributed by atoms with Crippen molar-refractivity contribution in [3.63, 3.8) is 0 Å². The highest BCUT2D eigenvalue weighted by Crippen LogP contribution is 2.17. The Balaban J connectivity index is 1.73. The topological polar surface area (TPSA) is 49.3 Å². The number of aromatic nitrogens is 2. The molecule has 1 aromatic heterocycles. The normalized spacial score (nSPS) is 15.0. The molecule has 1 aromatic carbocycles. The lowest BCUT2D eigenvalue weighted by Crippen LogP contribution is -2.33. The highest BCUT2D eigenvalue weighted by atomic mass is 16.2. The summed E-state index contributed by atoms with van der Waals surface area (Å²) in [4.78, 5) is 25.8. The molecule has 1 fully saturated rings. The average Bonchev–Trinajstić information content (AvgIpc) is 2.96. The van der Waals surface area contributed by atoms with Crippen LogP contribution in [0.4, 0.5) is 5.95 Å². The Morgan fingerprint density at radius 3 is 2.23 bits per heavy atom. The van der Waals surface area contributed by atoms with E-state index < -0.39 is 0 Å². The molecule has 2 heterocycles. The van der Waals surface area contributed by atoms with Gasteiger partial charge in [0, 0.05) is 38.1 Å². The van der Waals surface area contributed by atoms with Gasteiger partial charge in [0.2, 0.25) is 5.95 Å². The highest BCUT2D eigenvalue weighted by molar-refractivity contribution is 5.93. The maximum absolute atomic E-state index is 12.7. The monoisotopic (exact) mass is 352 g/mol. The smallest absolute Gasteiger partial charge is 0.256 e. The van der Waals surface area contributed by atoms with Crippen LogP contribution in [0, 0.1) is 0 Å². The summed E-state index contributed by atoms with van der Waals surface area (Å²) in [7, 11) is 0. The first-order valence-corrected chi connectivity index (χ1v) is 9.57. The second-order valence-electron chi connectivity index (χ2n) is 7.19. The maximum atomic E-state index is 12.7. The van der Waals surface area contributed by atoms with Crippen LogP contribution in [0.2, 0.25) is 0 Å². The molecule has 0 unspecified atom stereocenters. The molecule has 5 nitrogen and oxygen atoms in total. The summed E-state index contributed by atoms with van der Waals surface area (Å²) < 4.78 is 0. The molecule has 138 valence electrons. The minimum Gasteiger partial charge on any atom is -0.339 e. The number of nitrogens with zero attached hydrogens (tertiary/aromatic N) is 4. The molecule has 26 heavy (non-hydrogen) atoms. The van der Waals surface area contributed by atoms with Crippen molar-refractivity contribution in [2.24, 2.45) is 0 Å². The van der Waals surface area contributed by atoms with Gasteiger partial charge in [-0.2, -0.15) is 0 Å². The number of hydrogen-bond donors (Lipinski definition) is 0. The molecule has 1 amide bonds. The third-order valence-corrected chi connectivity index (χ3v) is 4.85. The molecule has 0 atom stereocenters. The summed E-state index contributed by atoms with van der Waals surface area (Å²) >= 11 is 0. The second-order valence-corrected chi connectivity index (χ2v) is 7.19. The summed E-state index contributed by atoms with van der Waals surface area (Å²) in [6, 6.07) is 10.6. The number of anilines is 1. The third kappa shape index (κ3) is 4.59. The number of benzene rings is 1. The fourth-order valence-corrected chi connectivity index (χ4v) is 3.30. The van der Waals surface area contributed by atoms with Crippen LogP contribution >= 0.6 is 0 Å². The first kappa shape index (κ1) is 18.4. The van der Waals surface area contributed by atoms with E-state index >= 15 is 0 Å². The van der Waals surface area contributed by atoms with E-state index in [4.69, 9.17) is 0 Å². The van der Waals surface area contributed by atoms with Gasteiger partial charge in [0.25, 0.3) is 5.91 Å². The van der Waals surface area contributed by atoms with E-state index in [9.17, 15) is 4.79 Å². The Hall–Kier alpha value is -2.43. The van der Waals surface area contributed by atoms with E-state index in [1.54, 1.807) is 12.4 Å². The minimum absolute atomic E-state index is 0.0533. The van der Waals surface area contributed by atoms with Crippen molar-refractivity contribution in [1.29, 1.82) is 0 Å². The van der Waals surface area contributed by atoms with Crippen LogP contribution in [0.3, 0.4) is 0 Å². The van der Waals surface area contributed by atoms with Crippen molar-refractivity contribution < 1.29 is 4.79 Å². The van der Waals surface area contributed by atoms with Crippen LogP contribution in [-0.4, -0.2) is 39.9 Å². The van der Waals surface area contributed by atoms with E-state index in [0.717, 1.165) is 32.5 Å². The standard InChI is InChI=1S/C21H28N4O/c1-17(2)25(16-18-10-6-5-7-11-18)21-22-14-19(15-23-21)20(26)24-12-8-3-4-9-13-24/h5-7,10-11,14-15,17H,3-4,8-9,12-13,16H2,1-2H3. The van der Waals surface area contributed by atoms with Crippen molar-refractivity contribution in [1.82, 2.24) is 14.9 Å². The Morgan fingerprint density at radius 1 is 1.04 bits per heavy atom. The minimum atomic E-state index is 0.0533. The number of hydrogen-bond acceptors (Lipinski definition) is 4. The fourth-order valence-electron chi connectivity index (χ4n) is 3.30. The zero-order valence-electron chi connectivity index (χ0n) is 15.8. The van der Waals surface area contributed by atoms with Gasteiger partial charge in [-0.25, -0.2) is 9.97 Å². The largest absolute Gasteiger partial charge is 0.339 e. The number of likely N-dealkylation sites (tertiary alicyclic amines) is 1. The van der Waals surface area contributed by atoms with Crippen molar-refractivity contribution in [3.05, 3.63) is 53.9 Å². The molecule has 0 saturated carbocycles.